The lowest BCUT2D eigenvalue weighted by Crippen LogP contribution is -2.41. The van der Waals surface area contributed by atoms with Gasteiger partial charge in [0.05, 0.1) is 0 Å². The van der Waals surface area contributed by atoms with Gasteiger partial charge in [-0.05, 0) is 45.2 Å². The minimum absolute atomic E-state index is 0.146. The van der Waals surface area contributed by atoms with Gasteiger partial charge in [-0.25, -0.2) is 4.99 Å². The highest BCUT2D eigenvalue weighted by Gasteiger charge is 2.21. The Labute approximate surface area is 134 Å². The zero-order valence-electron chi connectivity index (χ0n) is 14.1. The first-order valence-electron chi connectivity index (χ1n) is 8.75. The second kappa shape index (κ2) is 8.98. The number of nitrogens with one attached hydrogen (secondary N) is 2. The van der Waals surface area contributed by atoms with E-state index in [0.717, 1.165) is 58.1 Å². The van der Waals surface area contributed by atoms with Crippen LogP contribution in [0.1, 0.15) is 33.1 Å². The summed E-state index contributed by atoms with van der Waals surface area (Å²) in [6, 6.07) is 0. The van der Waals surface area contributed by atoms with E-state index in [2.05, 4.69) is 27.4 Å². The van der Waals surface area contributed by atoms with E-state index in [1.807, 2.05) is 11.8 Å². The number of amides is 1. The maximum absolute atomic E-state index is 12.1. The van der Waals surface area contributed by atoms with Gasteiger partial charge in [-0.2, -0.15) is 0 Å². The smallest absolute Gasteiger partial charge is 0.244 e. The summed E-state index contributed by atoms with van der Waals surface area (Å²) >= 11 is 0. The Morgan fingerprint density at radius 2 is 1.95 bits per heavy atom. The quantitative estimate of drug-likeness (QED) is 0.554. The van der Waals surface area contributed by atoms with Crippen LogP contribution in [0.4, 0.5) is 0 Å². The molecule has 2 heterocycles. The normalized spacial score (nSPS) is 23.1. The number of rotatable bonds is 6. The predicted octanol–water partition coefficient (Wildman–Crippen LogP) is 0.506. The molecule has 1 unspecified atom stereocenters. The molecule has 1 atom stereocenters. The van der Waals surface area contributed by atoms with Crippen LogP contribution in [-0.4, -0.2) is 74.0 Å². The van der Waals surface area contributed by atoms with Crippen LogP contribution in [0.5, 0.6) is 0 Å². The highest BCUT2D eigenvalue weighted by Crippen LogP contribution is 2.14. The molecule has 2 N–H and O–H groups in total. The summed E-state index contributed by atoms with van der Waals surface area (Å²) in [4.78, 5) is 20.9. The van der Waals surface area contributed by atoms with Crippen LogP contribution in [0.2, 0.25) is 0 Å². The molecule has 0 aromatic carbocycles. The van der Waals surface area contributed by atoms with E-state index in [9.17, 15) is 4.79 Å². The Bertz CT molecular complexity index is 379. The number of carbonyl (C=O) groups is 1. The zero-order chi connectivity index (χ0) is 15.8. The van der Waals surface area contributed by atoms with Crippen molar-refractivity contribution in [2.24, 2.45) is 10.9 Å². The van der Waals surface area contributed by atoms with Crippen molar-refractivity contribution in [3.63, 3.8) is 0 Å². The monoisotopic (exact) mass is 309 g/mol. The standard InChI is InChI=1S/C16H31N5O/c1-3-17-16(18-11-14-7-10-20(4-2)13-14)19-12-15(22)21-8-5-6-9-21/h14H,3-13H2,1-2H3,(H2,17,18,19). The lowest BCUT2D eigenvalue weighted by molar-refractivity contribution is -0.128. The first kappa shape index (κ1) is 17.1. The van der Waals surface area contributed by atoms with E-state index in [0.29, 0.717) is 5.92 Å². The molecule has 0 aromatic rings. The average Bonchev–Trinajstić information content (AvgIpc) is 3.20. The number of nitrogens with zero attached hydrogens (tertiary/aromatic N) is 3. The molecule has 1 amide bonds. The molecule has 2 aliphatic rings. The Morgan fingerprint density at radius 1 is 1.18 bits per heavy atom. The number of carbonyl (C=O) groups excluding carboxylic acids is 1. The fraction of sp³-hybridized carbons (Fsp3) is 0.875. The van der Waals surface area contributed by atoms with Crippen LogP contribution in [0.15, 0.2) is 4.99 Å². The predicted molar refractivity (Wildman–Crippen MR) is 90.0 cm³/mol. The van der Waals surface area contributed by atoms with Gasteiger partial charge in [0.25, 0.3) is 0 Å². The molecular formula is C16H31N5O. The van der Waals surface area contributed by atoms with E-state index in [1.54, 1.807) is 0 Å². The minimum atomic E-state index is 0.146. The summed E-state index contributed by atoms with van der Waals surface area (Å²) in [7, 11) is 0. The number of guanidine groups is 1. The average molecular weight is 309 g/mol. The van der Waals surface area contributed by atoms with Crippen LogP contribution < -0.4 is 10.6 Å². The maximum atomic E-state index is 12.1. The molecule has 2 rings (SSSR count). The van der Waals surface area contributed by atoms with E-state index in [-0.39, 0.29) is 12.5 Å². The molecule has 0 saturated carbocycles. The molecule has 6 heteroatoms. The number of aliphatic imine (C=N–C) groups is 1. The van der Waals surface area contributed by atoms with Crippen LogP contribution >= 0.6 is 0 Å². The van der Waals surface area contributed by atoms with E-state index in [1.165, 1.54) is 13.0 Å². The van der Waals surface area contributed by atoms with Crippen LogP contribution in [0.3, 0.4) is 0 Å². The lowest BCUT2D eigenvalue weighted by atomic mass is 10.1. The second-order valence-corrected chi connectivity index (χ2v) is 6.21. The molecule has 0 spiro atoms. The second-order valence-electron chi connectivity index (χ2n) is 6.21. The van der Waals surface area contributed by atoms with E-state index in [4.69, 9.17) is 0 Å². The number of hydrogen-bond acceptors (Lipinski definition) is 3. The third kappa shape index (κ3) is 5.16. The van der Waals surface area contributed by atoms with Gasteiger partial charge < -0.3 is 20.4 Å². The summed E-state index contributed by atoms with van der Waals surface area (Å²) in [6.45, 7) is 11.5. The molecule has 22 heavy (non-hydrogen) atoms. The number of likely N-dealkylation sites (tertiary alicyclic amines) is 2. The molecule has 0 aliphatic carbocycles. The molecule has 2 saturated heterocycles. The summed E-state index contributed by atoms with van der Waals surface area (Å²) < 4.78 is 0. The lowest BCUT2D eigenvalue weighted by Gasteiger charge is -2.17. The topological polar surface area (TPSA) is 60.0 Å². The third-order valence-electron chi connectivity index (χ3n) is 4.55. The van der Waals surface area contributed by atoms with Crippen LogP contribution in [-0.2, 0) is 4.79 Å². The maximum Gasteiger partial charge on any atom is 0.244 e. The van der Waals surface area contributed by atoms with Gasteiger partial charge in [-0.1, -0.05) is 6.92 Å². The van der Waals surface area contributed by atoms with Crippen molar-refractivity contribution in [2.75, 3.05) is 52.4 Å². The molecule has 126 valence electrons. The largest absolute Gasteiger partial charge is 0.357 e. The van der Waals surface area contributed by atoms with Gasteiger partial charge in [0.15, 0.2) is 5.96 Å². The van der Waals surface area contributed by atoms with E-state index >= 15 is 0 Å². The van der Waals surface area contributed by atoms with Crippen molar-refractivity contribution in [2.45, 2.75) is 33.1 Å². The fourth-order valence-electron chi connectivity index (χ4n) is 3.16. The van der Waals surface area contributed by atoms with Gasteiger partial charge in [0.2, 0.25) is 5.91 Å². The molecule has 0 bridgehead atoms. The van der Waals surface area contributed by atoms with Crippen molar-refractivity contribution in [1.82, 2.24) is 20.4 Å². The summed E-state index contributed by atoms with van der Waals surface area (Å²) in [5.41, 5.74) is 0. The fourth-order valence-corrected chi connectivity index (χ4v) is 3.16. The van der Waals surface area contributed by atoms with Crippen LogP contribution in [0, 0.1) is 5.92 Å². The summed E-state index contributed by atoms with van der Waals surface area (Å²) in [6.07, 6.45) is 3.50. The summed E-state index contributed by atoms with van der Waals surface area (Å²) in [5, 5.41) is 6.63. The van der Waals surface area contributed by atoms with Gasteiger partial charge in [0, 0.05) is 32.7 Å². The number of hydrogen-bond donors (Lipinski definition) is 2. The van der Waals surface area contributed by atoms with Gasteiger partial charge in [-0.15, -0.1) is 0 Å². The SMILES string of the molecule is CCNC(=NCC(=O)N1CCCC1)NCC1CCN(CC)C1. The van der Waals surface area contributed by atoms with Crippen molar-refractivity contribution in [3.8, 4) is 0 Å². The Morgan fingerprint density at radius 3 is 2.59 bits per heavy atom. The highest BCUT2D eigenvalue weighted by atomic mass is 16.2. The molecule has 0 aromatic heterocycles. The first-order chi connectivity index (χ1) is 10.7. The van der Waals surface area contributed by atoms with E-state index < -0.39 is 0 Å². The molecule has 6 nitrogen and oxygen atoms in total. The molecule has 0 radical (unpaired) electrons. The van der Waals surface area contributed by atoms with Crippen LogP contribution in [0.25, 0.3) is 0 Å². The van der Waals surface area contributed by atoms with Gasteiger partial charge in [-0.3, -0.25) is 4.79 Å². The first-order valence-corrected chi connectivity index (χ1v) is 8.75. The van der Waals surface area contributed by atoms with Gasteiger partial charge >= 0.3 is 0 Å². The van der Waals surface area contributed by atoms with Crippen molar-refractivity contribution < 1.29 is 4.79 Å². The van der Waals surface area contributed by atoms with Crippen molar-refractivity contribution in [3.05, 3.63) is 0 Å². The van der Waals surface area contributed by atoms with Crippen molar-refractivity contribution >= 4 is 11.9 Å². The third-order valence-corrected chi connectivity index (χ3v) is 4.55. The zero-order valence-corrected chi connectivity index (χ0v) is 14.1. The molecular weight excluding hydrogens is 278 g/mol. The highest BCUT2D eigenvalue weighted by molar-refractivity contribution is 5.85. The Hall–Kier alpha value is -1.30. The minimum Gasteiger partial charge on any atom is -0.357 e. The summed E-state index contributed by atoms with van der Waals surface area (Å²) in [5.74, 6) is 1.59. The molecule has 2 aliphatic heterocycles. The van der Waals surface area contributed by atoms with Crippen molar-refractivity contribution in [1.29, 1.82) is 0 Å². The molecule has 2 fully saturated rings. The Kier molecular flexibility index (Phi) is 6.96. The van der Waals surface area contributed by atoms with Gasteiger partial charge in [0.1, 0.15) is 6.54 Å². The Balaban J connectivity index is 1.75.